The number of rotatable bonds is 4. The molecule has 0 atom stereocenters. The second-order valence-electron chi connectivity index (χ2n) is 4.59. The van der Waals surface area contributed by atoms with Gasteiger partial charge in [-0.15, -0.1) is 0 Å². The van der Waals surface area contributed by atoms with E-state index in [1.807, 2.05) is 13.8 Å². The van der Waals surface area contributed by atoms with Gasteiger partial charge in [-0.3, -0.25) is 9.79 Å². The van der Waals surface area contributed by atoms with Gasteiger partial charge in [0.25, 0.3) is 0 Å². The van der Waals surface area contributed by atoms with Crippen LogP contribution < -0.4 is 16.4 Å². The number of hydrogen-bond donors (Lipinski definition) is 3. The zero-order valence-corrected chi connectivity index (χ0v) is 9.63. The molecule has 1 saturated carbocycles. The van der Waals surface area contributed by atoms with Crippen LogP contribution in [0.3, 0.4) is 0 Å². The summed E-state index contributed by atoms with van der Waals surface area (Å²) in [5.74, 6) is 0.434. The van der Waals surface area contributed by atoms with E-state index in [1.165, 1.54) is 12.8 Å². The molecular weight excluding hydrogens is 192 g/mol. The fourth-order valence-electron chi connectivity index (χ4n) is 1.01. The van der Waals surface area contributed by atoms with Gasteiger partial charge in [0.05, 0.1) is 5.41 Å². The van der Waals surface area contributed by atoms with Crippen LogP contribution in [0.4, 0.5) is 0 Å². The van der Waals surface area contributed by atoms with Gasteiger partial charge >= 0.3 is 0 Å². The quantitative estimate of drug-likeness (QED) is 0.447. The molecule has 0 saturated heterocycles. The van der Waals surface area contributed by atoms with Gasteiger partial charge in [-0.05, 0) is 26.7 Å². The molecule has 0 aromatic carbocycles. The summed E-state index contributed by atoms with van der Waals surface area (Å²) in [5.41, 5.74) is 4.72. The molecule has 4 N–H and O–H groups in total. The number of guanidine groups is 1. The van der Waals surface area contributed by atoms with E-state index >= 15 is 0 Å². The maximum absolute atomic E-state index is 11.1. The summed E-state index contributed by atoms with van der Waals surface area (Å²) in [4.78, 5) is 15.2. The first kappa shape index (κ1) is 11.8. The highest BCUT2D eigenvalue weighted by atomic mass is 16.1. The fourth-order valence-corrected chi connectivity index (χ4v) is 1.01. The van der Waals surface area contributed by atoms with Crippen LogP contribution in [0.15, 0.2) is 4.99 Å². The van der Waals surface area contributed by atoms with Gasteiger partial charge in [-0.1, -0.05) is 0 Å². The molecule has 0 aliphatic heterocycles. The Morgan fingerprint density at radius 1 is 1.53 bits per heavy atom. The van der Waals surface area contributed by atoms with Crippen LogP contribution in [0.1, 0.15) is 26.7 Å². The maximum atomic E-state index is 11.1. The minimum Gasteiger partial charge on any atom is -0.369 e. The third-order valence-corrected chi connectivity index (χ3v) is 2.51. The first-order valence-electron chi connectivity index (χ1n) is 5.23. The lowest BCUT2D eigenvalue weighted by atomic mass is 9.93. The Bertz CT molecular complexity index is 269. The van der Waals surface area contributed by atoms with Crippen LogP contribution in [0.2, 0.25) is 0 Å². The minimum absolute atomic E-state index is 0.308. The molecule has 0 bridgehead atoms. The van der Waals surface area contributed by atoms with Crippen molar-refractivity contribution in [2.75, 3.05) is 13.6 Å². The summed E-state index contributed by atoms with van der Waals surface area (Å²) in [6.07, 6.45) is 2.39. The molecule has 1 amide bonds. The Labute approximate surface area is 90.5 Å². The molecule has 86 valence electrons. The normalized spacial score (nSPS) is 17.4. The summed E-state index contributed by atoms with van der Waals surface area (Å²) >= 11 is 0. The molecule has 1 rings (SSSR count). The predicted octanol–water partition coefficient (Wildman–Crippen LogP) is -0.175. The van der Waals surface area contributed by atoms with Gasteiger partial charge in [0.2, 0.25) is 5.91 Å². The van der Waals surface area contributed by atoms with Gasteiger partial charge in [0.1, 0.15) is 0 Å². The SMILES string of the molecule is CN=C(NCC(C)(C)C(N)=O)NC1CC1. The Hall–Kier alpha value is -1.26. The van der Waals surface area contributed by atoms with Crippen LogP contribution in [0.25, 0.3) is 0 Å². The molecule has 0 radical (unpaired) electrons. The first-order valence-corrected chi connectivity index (χ1v) is 5.23. The molecule has 1 aliphatic rings. The number of nitrogens with zero attached hydrogens (tertiary/aromatic N) is 1. The van der Waals surface area contributed by atoms with Crippen LogP contribution in [-0.2, 0) is 4.79 Å². The zero-order chi connectivity index (χ0) is 11.5. The van der Waals surface area contributed by atoms with Crippen molar-refractivity contribution in [1.29, 1.82) is 0 Å². The van der Waals surface area contributed by atoms with E-state index in [1.54, 1.807) is 7.05 Å². The highest BCUT2D eigenvalue weighted by molar-refractivity contribution is 5.83. The standard InChI is InChI=1S/C10H20N4O/c1-10(2,8(11)15)6-13-9(12-3)14-7-4-5-7/h7H,4-6H2,1-3H3,(H2,11,15)(H2,12,13,14). The van der Waals surface area contributed by atoms with Gasteiger partial charge in [0.15, 0.2) is 5.96 Å². The molecular formula is C10H20N4O. The second kappa shape index (κ2) is 4.51. The molecule has 0 aromatic rings. The summed E-state index contributed by atoms with van der Waals surface area (Å²) in [6, 6.07) is 0.549. The third-order valence-electron chi connectivity index (χ3n) is 2.51. The van der Waals surface area contributed by atoms with E-state index in [-0.39, 0.29) is 5.91 Å². The van der Waals surface area contributed by atoms with Gasteiger partial charge in [0, 0.05) is 19.6 Å². The minimum atomic E-state index is -0.554. The Morgan fingerprint density at radius 2 is 2.13 bits per heavy atom. The van der Waals surface area contributed by atoms with Gasteiger partial charge in [-0.25, -0.2) is 0 Å². The molecule has 15 heavy (non-hydrogen) atoms. The molecule has 0 unspecified atom stereocenters. The number of amides is 1. The van der Waals surface area contributed by atoms with Crippen molar-refractivity contribution in [3.63, 3.8) is 0 Å². The first-order chi connectivity index (χ1) is 6.95. The number of nitrogens with one attached hydrogen (secondary N) is 2. The Kier molecular flexibility index (Phi) is 3.55. The molecule has 0 heterocycles. The number of carbonyl (C=O) groups excluding carboxylic acids is 1. The predicted molar refractivity (Wildman–Crippen MR) is 60.5 cm³/mol. The van der Waals surface area contributed by atoms with E-state index in [9.17, 15) is 4.79 Å². The molecule has 0 spiro atoms. The van der Waals surface area contributed by atoms with Crippen molar-refractivity contribution in [2.24, 2.45) is 16.1 Å². The summed E-state index contributed by atoms with van der Waals surface area (Å²) in [6.45, 7) is 4.12. The number of carbonyl (C=O) groups is 1. The number of aliphatic imine (C=N–C) groups is 1. The zero-order valence-electron chi connectivity index (χ0n) is 9.63. The second-order valence-corrected chi connectivity index (χ2v) is 4.59. The average molecular weight is 212 g/mol. The van der Waals surface area contributed by atoms with Crippen LogP contribution in [-0.4, -0.2) is 31.5 Å². The van der Waals surface area contributed by atoms with Crippen molar-refractivity contribution in [3.05, 3.63) is 0 Å². The van der Waals surface area contributed by atoms with Gasteiger partial charge < -0.3 is 16.4 Å². The number of nitrogens with two attached hydrogens (primary N) is 1. The molecule has 1 aliphatic carbocycles. The fraction of sp³-hybridized carbons (Fsp3) is 0.800. The van der Waals surface area contributed by atoms with Crippen molar-refractivity contribution >= 4 is 11.9 Å². The smallest absolute Gasteiger partial charge is 0.224 e. The van der Waals surface area contributed by atoms with Crippen LogP contribution in [0.5, 0.6) is 0 Å². The molecule has 0 aromatic heterocycles. The highest BCUT2D eigenvalue weighted by Crippen LogP contribution is 2.18. The van der Waals surface area contributed by atoms with E-state index < -0.39 is 5.41 Å². The summed E-state index contributed by atoms with van der Waals surface area (Å²) in [5, 5.41) is 6.34. The maximum Gasteiger partial charge on any atom is 0.224 e. The Balaban J connectivity index is 2.36. The third kappa shape index (κ3) is 3.77. The topological polar surface area (TPSA) is 79.5 Å². The largest absolute Gasteiger partial charge is 0.369 e. The van der Waals surface area contributed by atoms with Crippen molar-refractivity contribution in [2.45, 2.75) is 32.7 Å². The molecule has 5 heteroatoms. The van der Waals surface area contributed by atoms with Crippen molar-refractivity contribution in [3.8, 4) is 0 Å². The Morgan fingerprint density at radius 3 is 2.53 bits per heavy atom. The molecule has 1 fully saturated rings. The lowest BCUT2D eigenvalue weighted by Crippen LogP contribution is -2.46. The lowest BCUT2D eigenvalue weighted by molar-refractivity contribution is -0.125. The van der Waals surface area contributed by atoms with Crippen LogP contribution in [0, 0.1) is 5.41 Å². The monoisotopic (exact) mass is 212 g/mol. The van der Waals surface area contributed by atoms with Crippen molar-refractivity contribution in [1.82, 2.24) is 10.6 Å². The number of primary amides is 1. The number of hydrogen-bond acceptors (Lipinski definition) is 2. The average Bonchev–Trinajstić information content (AvgIpc) is 2.95. The summed E-state index contributed by atoms with van der Waals surface area (Å²) < 4.78 is 0. The van der Waals surface area contributed by atoms with E-state index in [4.69, 9.17) is 5.73 Å². The van der Waals surface area contributed by atoms with Gasteiger partial charge in [-0.2, -0.15) is 0 Å². The lowest BCUT2D eigenvalue weighted by Gasteiger charge is -2.22. The van der Waals surface area contributed by atoms with Crippen LogP contribution >= 0.6 is 0 Å². The van der Waals surface area contributed by atoms with E-state index in [0.29, 0.717) is 12.6 Å². The molecule has 5 nitrogen and oxygen atoms in total. The van der Waals surface area contributed by atoms with E-state index in [2.05, 4.69) is 15.6 Å². The van der Waals surface area contributed by atoms with Crippen molar-refractivity contribution < 1.29 is 4.79 Å². The van der Waals surface area contributed by atoms with E-state index in [0.717, 1.165) is 5.96 Å². The highest BCUT2D eigenvalue weighted by Gasteiger charge is 2.26. The summed E-state index contributed by atoms with van der Waals surface area (Å²) in [7, 11) is 1.72.